The molecule has 4 nitrogen and oxygen atoms in total. The van der Waals surface area contributed by atoms with Gasteiger partial charge in [-0.1, -0.05) is 20.3 Å². The number of nitrogens with zero attached hydrogens (tertiary/aromatic N) is 2. The molecule has 2 heterocycles. The molecule has 1 unspecified atom stereocenters. The number of thiazole rings is 1. The molecule has 124 valence electrons. The van der Waals surface area contributed by atoms with Crippen molar-refractivity contribution in [3.8, 4) is 0 Å². The summed E-state index contributed by atoms with van der Waals surface area (Å²) in [4.78, 5) is 19.2. The molecule has 0 spiro atoms. The summed E-state index contributed by atoms with van der Waals surface area (Å²) < 4.78 is 0. The van der Waals surface area contributed by atoms with Crippen molar-refractivity contribution in [3.05, 3.63) is 15.6 Å². The second-order valence-electron chi connectivity index (χ2n) is 6.27. The van der Waals surface area contributed by atoms with E-state index >= 15 is 0 Å². The summed E-state index contributed by atoms with van der Waals surface area (Å²) in [5.41, 5.74) is 0.809. The Bertz CT molecular complexity index is 497. The second-order valence-corrected chi connectivity index (χ2v) is 7.35. The van der Waals surface area contributed by atoms with Crippen molar-refractivity contribution >= 4 is 17.3 Å². The van der Waals surface area contributed by atoms with Gasteiger partial charge in [-0.15, -0.1) is 11.3 Å². The Labute approximate surface area is 137 Å². The molecule has 1 aliphatic heterocycles. The molecule has 5 heteroatoms. The van der Waals surface area contributed by atoms with E-state index in [2.05, 4.69) is 25.7 Å². The molecule has 1 N–H and O–H groups in total. The van der Waals surface area contributed by atoms with Crippen LogP contribution >= 0.6 is 11.3 Å². The number of carboxylic acids is 1. The minimum absolute atomic E-state index is 0.269. The second kappa shape index (κ2) is 8.06. The van der Waals surface area contributed by atoms with Gasteiger partial charge in [0.15, 0.2) is 0 Å². The van der Waals surface area contributed by atoms with Crippen molar-refractivity contribution in [1.29, 1.82) is 0 Å². The Kier molecular flexibility index (Phi) is 6.38. The molecular formula is C17H28N2O2S. The maximum absolute atomic E-state index is 11.5. The molecule has 0 amide bonds. The Morgan fingerprint density at radius 3 is 2.73 bits per heavy atom. The van der Waals surface area contributed by atoms with Gasteiger partial charge in [-0.2, -0.15) is 0 Å². The zero-order valence-corrected chi connectivity index (χ0v) is 14.8. The van der Waals surface area contributed by atoms with Crippen LogP contribution in [-0.2, 0) is 6.42 Å². The van der Waals surface area contributed by atoms with Crippen molar-refractivity contribution in [1.82, 2.24) is 9.88 Å². The number of likely N-dealkylation sites (tertiary alicyclic amines) is 1. The van der Waals surface area contributed by atoms with E-state index in [0.29, 0.717) is 10.9 Å². The van der Waals surface area contributed by atoms with Crippen molar-refractivity contribution < 1.29 is 9.90 Å². The highest BCUT2D eigenvalue weighted by atomic mass is 32.1. The fourth-order valence-corrected chi connectivity index (χ4v) is 4.30. The van der Waals surface area contributed by atoms with Crippen LogP contribution in [0.15, 0.2) is 0 Å². The monoisotopic (exact) mass is 324 g/mol. The van der Waals surface area contributed by atoms with Gasteiger partial charge in [-0.25, -0.2) is 9.78 Å². The number of hydrogen-bond donors (Lipinski definition) is 1. The Morgan fingerprint density at radius 1 is 1.41 bits per heavy atom. The Balaban J connectivity index is 2.07. The third-order valence-corrected chi connectivity index (χ3v) is 5.94. The normalized spacial score (nSPS) is 19.7. The fourth-order valence-electron chi connectivity index (χ4n) is 3.32. The van der Waals surface area contributed by atoms with E-state index in [1.54, 1.807) is 0 Å². The highest BCUT2D eigenvalue weighted by molar-refractivity contribution is 7.13. The van der Waals surface area contributed by atoms with Gasteiger partial charge < -0.3 is 10.0 Å². The van der Waals surface area contributed by atoms with Gasteiger partial charge in [0.1, 0.15) is 4.88 Å². The first kappa shape index (κ1) is 17.4. The first-order valence-corrected chi connectivity index (χ1v) is 9.35. The van der Waals surface area contributed by atoms with Crippen molar-refractivity contribution in [2.75, 3.05) is 13.1 Å². The minimum atomic E-state index is -0.822. The summed E-state index contributed by atoms with van der Waals surface area (Å²) >= 11 is 1.38. The van der Waals surface area contributed by atoms with E-state index in [9.17, 15) is 9.90 Å². The first-order valence-electron chi connectivity index (χ1n) is 8.53. The number of carbonyl (C=O) groups is 1. The molecule has 2 rings (SSSR count). The van der Waals surface area contributed by atoms with E-state index in [1.807, 2.05) is 0 Å². The van der Waals surface area contributed by atoms with Crippen LogP contribution in [0.1, 0.15) is 79.2 Å². The number of aromatic carboxylic acids is 1. The average Bonchev–Trinajstić information content (AvgIpc) is 2.92. The summed E-state index contributed by atoms with van der Waals surface area (Å²) in [7, 11) is 0. The van der Waals surface area contributed by atoms with Gasteiger partial charge in [0, 0.05) is 24.9 Å². The summed E-state index contributed by atoms with van der Waals surface area (Å²) in [5.74, 6) is -0.554. The number of rotatable bonds is 7. The van der Waals surface area contributed by atoms with Gasteiger partial charge in [0.25, 0.3) is 0 Å². The fraction of sp³-hybridized carbons (Fsp3) is 0.765. The van der Waals surface area contributed by atoms with Gasteiger partial charge in [-0.05, 0) is 39.2 Å². The molecule has 0 radical (unpaired) electrons. The molecule has 1 aromatic heterocycles. The van der Waals surface area contributed by atoms with Crippen LogP contribution in [0.5, 0.6) is 0 Å². The number of hydrogen-bond acceptors (Lipinski definition) is 4. The smallest absolute Gasteiger partial charge is 0.347 e. The lowest BCUT2D eigenvalue weighted by Gasteiger charge is -2.33. The van der Waals surface area contributed by atoms with Crippen LogP contribution in [0.3, 0.4) is 0 Å². The molecule has 22 heavy (non-hydrogen) atoms. The molecule has 1 fully saturated rings. The maximum Gasteiger partial charge on any atom is 0.347 e. The number of piperidine rings is 1. The molecule has 0 aliphatic carbocycles. The van der Waals surface area contributed by atoms with Crippen LogP contribution in [0.25, 0.3) is 0 Å². The Hall–Kier alpha value is -0.940. The summed E-state index contributed by atoms with van der Waals surface area (Å²) in [5, 5.41) is 10.4. The van der Waals surface area contributed by atoms with Gasteiger partial charge >= 0.3 is 5.97 Å². The third kappa shape index (κ3) is 4.07. The van der Waals surface area contributed by atoms with Crippen molar-refractivity contribution in [2.24, 2.45) is 0 Å². The summed E-state index contributed by atoms with van der Waals surface area (Å²) in [6.07, 6.45) is 6.65. The predicted molar refractivity (Wildman–Crippen MR) is 91.0 cm³/mol. The lowest BCUT2D eigenvalue weighted by atomic mass is 9.98. The van der Waals surface area contributed by atoms with E-state index in [4.69, 9.17) is 4.98 Å². The van der Waals surface area contributed by atoms with E-state index in [-0.39, 0.29) is 5.92 Å². The molecule has 1 saturated heterocycles. The summed E-state index contributed by atoms with van der Waals surface area (Å²) in [6, 6.07) is 0.645. The third-order valence-electron chi connectivity index (χ3n) is 4.82. The van der Waals surface area contributed by atoms with Crippen molar-refractivity contribution in [2.45, 2.75) is 71.3 Å². The standard InChI is InChI=1S/C17H28N2O2S/c1-4-13(5-2)15-16(17(20)21)22-14(18-15)9-11-19-10-7-6-8-12(19)3/h12-13H,4-11H2,1-3H3,(H,20,21). The molecule has 1 aromatic rings. The van der Waals surface area contributed by atoms with E-state index in [0.717, 1.165) is 43.1 Å². The highest BCUT2D eigenvalue weighted by Crippen LogP contribution is 2.30. The number of carboxylic acid groups (broad SMARTS) is 1. The van der Waals surface area contributed by atoms with Crippen LogP contribution in [0.4, 0.5) is 0 Å². The molecule has 1 atom stereocenters. The molecule has 0 bridgehead atoms. The highest BCUT2D eigenvalue weighted by Gasteiger charge is 2.23. The quantitative estimate of drug-likeness (QED) is 0.818. The zero-order chi connectivity index (χ0) is 16.1. The van der Waals surface area contributed by atoms with Crippen LogP contribution in [0, 0.1) is 0 Å². The molecule has 0 saturated carbocycles. The van der Waals surface area contributed by atoms with Gasteiger partial charge in [0.2, 0.25) is 0 Å². The lowest BCUT2D eigenvalue weighted by molar-refractivity contribution is 0.0700. The Morgan fingerprint density at radius 2 is 2.14 bits per heavy atom. The van der Waals surface area contributed by atoms with Crippen molar-refractivity contribution in [3.63, 3.8) is 0 Å². The molecular weight excluding hydrogens is 296 g/mol. The van der Waals surface area contributed by atoms with Gasteiger partial charge in [0.05, 0.1) is 10.7 Å². The SMILES string of the molecule is CCC(CC)c1nc(CCN2CCCCC2C)sc1C(=O)O. The predicted octanol–water partition coefficient (Wildman–Crippen LogP) is 4.16. The largest absolute Gasteiger partial charge is 0.477 e. The lowest BCUT2D eigenvalue weighted by Crippen LogP contribution is -2.38. The first-order chi connectivity index (χ1) is 10.6. The zero-order valence-electron chi connectivity index (χ0n) is 14.0. The van der Waals surface area contributed by atoms with Crippen LogP contribution in [0.2, 0.25) is 0 Å². The van der Waals surface area contributed by atoms with Gasteiger partial charge in [-0.3, -0.25) is 0 Å². The van der Waals surface area contributed by atoms with Crippen LogP contribution in [-0.4, -0.2) is 40.1 Å². The van der Waals surface area contributed by atoms with E-state index < -0.39 is 5.97 Å². The number of aromatic nitrogens is 1. The topological polar surface area (TPSA) is 53.4 Å². The molecule has 0 aromatic carbocycles. The average molecular weight is 324 g/mol. The summed E-state index contributed by atoms with van der Waals surface area (Å²) in [6.45, 7) is 8.66. The molecule has 1 aliphatic rings. The van der Waals surface area contributed by atoms with E-state index in [1.165, 1.54) is 30.6 Å². The van der Waals surface area contributed by atoms with Crippen LogP contribution < -0.4 is 0 Å². The maximum atomic E-state index is 11.5. The minimum Gasteiger partial charge on any atom is -0.477 e.